The average molecular weight is 239 g/mol. The van der Waals surface area contributed by atoms with Crippen molar-refractivity contribution in [1.82, 2.24) is 14.8 Å². The van der Waals surface area contributed by atoms with Crippen LogP contribution in [0.15, 0.2) is 0 Å². The Kier molecular flexibility index (Phi) is 3.47. The third-order valence-corrected chi connectivity index (χ3v) is 3.92. The van der Waals surface area contributed by atoms with E-state index >= 15 is 0 Å². The molecule has 0 radical (unpaired) electrons. The lowest BCUT2D eigenvalue weighted by atomic mass is 9.82. The highest BCUT2D eigenvalue weighted by Crippen LogP contribution is 2.35. The molecular formula is C12H21N3S. The number of rotatable bonds is 2. The van der Waals surface area contributed by atoms with Crippen molar-refractivity contribution in [2.45, 2.75) is 58.4 Å². The van der Waals surface area contributed by atoms with Crippen LogP contribution in [0.2, 0.25) is 0 Å². The Morgan fingerprint density at radius 3 is 2.50 bits per heavy atom. The summed E-state index contributed by atoms with van der Waals surface area (Å²) >= 11 is 5.29. The Morgan fingerprint density at radius 1 is 1.31 bits per heavy atom. The van der Waals surface area contributed by atoms with Gasteiger partial charge < -0.3 is 4.57 Å². The summed E-state index contributed by atoms with van der Waals surface area (Å²) in [5, 5.41) is 7.37. The van der Waals surface area contributed by atoms with E-state index in [0.29, 0.717) is 12.0 Å². The van der Waals surface area contributed by atoms with Crippen molar-refractivity contribution in [2.75, 3.05) is 0 Å². The Balaban J connectivity index is 2.24. The standard InChI is InChI=1S/C12H21N3S/c1-8(2)15-11(13-14-12(15)16)10-6-4-9(3)5-7-10/h8-10H,4-7H2,1-3H3,(H,14,16). The third-order valence-electron chi connectivity index (χ3n) is 3.63. The summed E-state index contributed by atoms with van der Waals surface area (Å²) in [6, 6.07) is 0.403. The van der Waals surface area contributed by atoms with Gasteiger partial charge in [0.25, 0.3) is 0 Å². The molecule has 1 saturated carbocycles. The molecule has 1 aromatic rings. The fourth-order valence-electron chi connectivity index (χ4n) is 2.62. The van der Waals surface area contributed by atoms with E-state index in [1.54, 1.807) is 0 Å². The Bertz CT molecular complexity index is 397. The first-order chi connectivity index (χ1) is 7.59. The second-order valence-electron chi connectivity index (χ2n) is 5.31. The molecule has 0 atom stereocenters. The first kappa shape index (κ1) is 11.8. The van der Waals surface area contributed by atoms with Crippen molar-refractivity contribution in [3.63, 3.8) is 0 Å². The van der Waals surface area contributed by atoms with Gasteiger partial charge in [-0.2, -0.15) is 5.10 Å². The van der Waals surface area contributed by atoms with Crippen LogP contribution in [-0.4, -0.2) is 14.8 Å². The van der Waals surface area contributed by atoms with Crippen LogP contribution in [0.3, 0.4) is 0 Å². The van der Waals surface area contributed by atoms with Crippen molar-refractivity contribution in [3.8, 4) is 0 Å². The van der Waals surface area contributed by atoms with Crippen molar-refractivity contribution in [2.24, 2.45) is 5.92 Å². The van der Waals surface area contributed by atoms with Gasteiger partial charge in [-0.1, -0.05) is 19.8 Å². The molecule has 1 aliphatic rings. The summed E-state index contributed by atoms with van der Waals surface area (Å²) in [6.45, 7) is 6.68. The molecule has 0 bridgehead atoms. The Labute approximate surface area is 102 Å². The maximum Gasteiger partial charge on any atom is 0.195 e. The van der Waals surface area contributed by atoms with Gasteiger partial charge in [-0.05, 0) is 44.8 Å². The number of nitrogens with zero attached hydrogens (tertiary/aromatic N) is 2. The van der Waals surface area contributed by atoms with Crippen molar-refractivity contribution in [3.05, 3.63) is 10.6 Å². The summed E-state index contributed by atoms with van der Waals surface area (Å²) in [7, 11) is 0. The van der Waals surface area contributed by atoms with E-state index in [0.717, 1.165) is 10.7 Å². The molecule has 16 heavy (non-hydrogen) atoms. The van der Waals surface area contributed by atoms with E-state index in [2.05, 4.69) is 35.5 Å². The fourth-order valence-corrected chi connectivity index (χ4v) is 2.97. The molecule has 1 heterocycles. The monoisotopic (exact) mass is 239 g/mol. The second kappa shape index (κ2) is 4.70. The topological polar surface area (TPSA) is 33.6 Å². The number of aromatic amines is 1. The quantitative estimate of drug-likeness (QED) is 0.796. The Hall–Kier alpha value is -0.640. The summed E-state index contributed by atoms with van der Waals surface area (Å²) in [5.74, 6) is 2.66. The minimum absolute atomic E-state index is 0.403. The normalized spacial score (nSPS) is 26.2. The average Bonchev–Trinajstić information content (AvgIpc) is 2.61. The molecule has 1 N–H and O–H groups in total. The van der Waals surface area contributed by atoms with Crippen LogP contribution in [0.4, 0.5) is 0 Å². The molecule has 0 spiro atoms. The third kappa shape index (κ3) is 2.21. The zero-order chi connectivity index (χ0) is 11.7. The molecule has 90 valence electrons. The van der Waals surface area contributed by atoms with Gasteiger partial charge in [0.05, 0.1) is 0 Å². The summed E-state index contributed by atoms with van der Waals surface area (Å²) in [6.07, 6.45) is 5.16. The number of H-pyrrole nitrogens is 1. The molecule has 0 aliphatic heterocycles. The highest BCUT2D eigenvalue weighted by Gasteiger charge is 2.24. The van der Waals surface area contributed by atoms with E-state index in [4.69, 9.17) is 12.2 Å². The van der Waals surface area contributed by atoms with E-state index in [9.17, 15) is 0 Å². The molecular weight excluding hydrogens is 218 g/mol. The summed E-state index contributed by atoms with van der Waals surface area (Å²) < 4.78 is 2.94. The minimum Gasteiger partial charge on any atom is -0.301 e. The van der Waals surface area contributed by atoms with E-state index in [1.807, 2.05) is 0 Å². The van der Waals surface area contributed by atoms with Crippen LogP contribution in [0, 0.1) is 10.7 Å². The van der Waals surface area contributed by atoms with Crippen LogP contribution in [0.25, 0.3) is 0 Å². The molecule has 0 unspecified atom stereocenters. The highest BCUT2D eigenvalue weighted by molar-refractivity contribution is 7.71. The SMILES string of the molecule is CC1CCC(c2n[nH]c(=S)n2C(C)C)CC1. The highest BCUT2D eigenvalue weighted by atomic mass is 32.1. The van der Waals surface area contributed by atoms with Crippen LogP contribution >= 0.6 is 12.2 Å². The van der Waals surface area contributed by atoms with Gasteiger partial charge in [0.1, 0.15) is 5.82 Å². The molecule has 0 saturated heterocycles. The van der Waals surface area contributed by atoms with Gasteiger partial charge in [-0.25, -0.2) is 0 Å². The van der Waals surface area contributed by atoms with E-state index in [1.165, 1.54) is 31.5 Å². The lowest BCUT2D eigenvalue weighted by Crippen LogP contribution is -2.16. The number of hydrogen-bond donors (Lipinski definition) is 1. The first-order valence-electron chi connectivity index (χ1n) is 6.26. The van der Waals surface area contributed by atoms with Crippen molar-refractivity contribution >= 4 is 12.2 Å². The van der Waals surface area contributed by atoms with Crippen LogP contribution in [0.1, 0.15) is 64.2 Å². The van der Waals surface area contributed by atoms with E-state index in [-0.39, 0.29) is 0 Å². The number of aromatic nitrogens is 3. The Morgan fingerprint density at radius 2 is 1.94 bits per heavy atom. The fraction of sp³-hybridized carbons (Fsp3) is 0.833. The largest absolute Gasteiger partial charge is 0.301 e. The predicted molar refractivity (Wildman–Crippen MR) is 68.2 cm³/mol. The van der Waals surface area contributed by atoms with Gasteiger partial charge in [-0.15, -0.1) is 0 Å². The predicted octanol–water partition coefficient (Wildman–Crippen LogP) is 3.82. The van der Waals surface area contributed by atoms with Crippen LogP contribution in [0.5, 0.6) is 0 Å². The van der Waals surface area contributed by atoms with Crippen molar-refractivity contribution in [1.29, 1.82) is 0 Å². The van der Waals surface area contributed by atoms with Gasteiger partial charge in [0, 0.05) is 12.0 Å². The number of hydrogen-bond acceptors (Lipinski definition) is 2. The minimum atomic E-state index is 0.403. The van der Waals surface area contributed by atoms with Crippen LogP contribution in [-0.2, 0) is 0 Å². The smallest absolute Gasteiger partial charge is 0.195 e. The van der Waals surface area contributed by atoms with Gasteiger partial charge in [0.2, 0.25) is 0 Å². The number of nitrogens with one attached hydrogen (secondary N) is 1. The molecule has 4 heteroatoms. The molecule has 2 rings (SSSR count). The lowest BCUT2D eigenvalue weighted by molar-refractivity contribution is 0.330. The first-order valence-corrected chi connectivity index (χ1v) is 6.67. The lowest BCUT2D eigenvalue weighted by Gasteiger charge is -2.26. The molecule has 0 amide bonds. The molecule has 1 aromatic heterocycles. The molecule has 0 aromatic carbocycles. The van der Waals surface area contributed by atoms with Crippen molar-refractivity contribution < 1.29 is 0 Å². The van der Waals surface area contributed by atoms with E-state index < -0.39 is 0 Å². The maximum atomic E-state index is 5.29. The summed E-state index contributed by atoms with van der Waals surface area (Å²) in [4.78, 5) is 0. The second-order valence-corrected chi connectivity index (χ2v) is 5.69. The van der Waals surface area contributed by atoms with Gasteiger partial charge >= 0.3 is 0 Å². The molecule has 1 fully saturated rings. The molecule has 1 aliphatic carbocycles. The zero-order valence-corrected chi connectivity index (χ0v) is 11.2. The van der Waals surface area contributed by atoms with Gasteiger partial charge in [-0.3, -0.25) is 5.10 Å². The zero-order valence-electron chi connectivity index (χ0n) is 10.4. The summed E-state index contributed by atoms with van der Waals surface area (Å²) in [5.41, 5.74) is 0. The van der Waals surface area contributed by atoms with Gasteiger partial charge in [0.15, 0.2) is 4.77 Å². The molecule has 3 nitrogen and oxygen atoms in total. The maximum absolute atomic E-state index is 5.29. The van der Waals surface area contributed by atoms with Crippen LogP contribution < -0.4 is 0 Å².